The number of benzene rings is 2. The molecular weight excluding hydrogens is 412 g/mol. The van der Waals surface area contributed by atoms with Gasteiger partial charge in [-0.15, -0.1) is 0 Å². The minimum atomic E-state index is -0.522. The largest absolute Gasteiger partial charge is 0.497 e. The summed E-state index contributed by atoms with van der Waals surface area (Å²) in [7, 11) is 3.09. The highest BCUT2D eigenvalue weighted by Crippen LogP contribution is 2.38. The van der Waals surface area contributed by atoms with Crippen LogP contribution in [0.15, 0.2) is 42.5 Å². The van der Waals surface area contributed by atoms with E-state index >= 15 is 0 Å². The summed E-state index contributed by atoms with van der Waals surface area (Å²) in [6.45, 7) is 1.87. The Morgan fingerprint density at radius 3 is 2.44 bits per heavy atom. The highest BCUT2D eigenvalue weighted by atomic mass is 16.6. The molecule has 10 nitrogen and oxygen atoms in total. The van der Waals surface area contributed by atoms with Gasteiger partial charge in [0.05, 0.1) is 17.7 Å². The maximum atomic E-state index is 11.9. The molecule has 10 heteroatoms. The van der Waals surface area contributed by atoms with Crippen LogP contribution in [0, 0.1) is 10.1 Å². The van der Waals surface area contributed by atoms with Crippen LogP contribution in [0.1, 0.15) is 18.2 Å². The van der Waals surface area contributed by atoms with Crippen molar-refractivity contribution in [3.63, 3.8) is 0 Å². The second-order valence-corrected chi connectivity index (χ2v) is 6.84. The van der Waals surface area contributed by atoms with E-state index in [4.69, 9.17) is 16.2 Å². The summed E-state index contributed by atoms with van der Waals surface area (Å²) in [4.78, 5) is 32.7. The van der Waals surface area contributed by atoms with Crippen molar-refractivity contribution in [2.75, 3.05) is 30.5 Å². The Bertz CT molecular complexity index is 1220. The monoisotopic (exact) mass is 434 g/mol. The number of nitro benzene ring substituents is 1. The third kappa shape index (κ3) is 4.21. The molecule has 0 saturated carbocycles. The number of aromatic nitrogens is 2. The van der Waals surface area contributed by atoms with Gasteiger partial charge in [0.15, 0.2) is 5.94 Å². The molecule has 0 saturated heterocycles. The lowest BCUT2D eigenvalue weighted by Gasteiger charge is -2.21. The first-order valence-electron chi connectivity index (χ1n) is 9.64. The standard InChI is InChI=1S/C22H22N6O4/c1-4-16-20(21(23)26-22(24)25-16)14-7-10-17(18(11-14)28(30)31)27(2)19(12-29)13-5-8-15(32-3)9-6-13/h5-11H,4H2,1-3H3,(H4,23,24,25,26). The van der Waals surface area contributed by atoms with Gasteiger partial charge in [-0.2, -0.15) is 4.98 Å². The number of aryl methyl sites for hydroxylation is 1. The number of hydrogen-bond acceptors (Lipinski definition) is 9. The topological polar surface area (TPSA) is 150 Å². The van der Waals surface area contributed by atoms with E-state index in [0.29, 0.717) is 34.6 Å². The van der Waals surface area contributed by atoms with Crippen LogP contribution in [-0.2, 0) is 11.2 Å². The molecule has 0 aliphatic heterocycles. The number of ether oxygens (including phenoxy) is 1. The van der Waals surface area contributed by atoms with Gasteiger partial charge in [-0.25, -0.2) is 9.78 Å². The van der Waals surface area contributed by atoms with E-state index in [0.717, 1.165) is 0 Å². The number of carbonyl (C=O) groups excluding carboxylic acids is 1. The number of anilines is 3. The SMILES string of the molecule is CCc1nc(N)nc(N)c1-c1ccc(N(C)C(=C=O)c2ccc(OC)cc2)c([N+](=O)[O-])c1. The summed E-state index contributed by atoms with van der Waals surface area (Å²) in [5.41, 5.74) is 13.9. The summed E-state index contributed by atoms with van der Waals surface area (Å²) in [5, 5.41) is 11.9. The van der Waals surface area contributed by atoms with Crippen molar-refractivity contribution in [1.82, 2.24) is 9.97 Å². The molecule has 1 aromatic heterocycles. The van der Waals surface area contributed by atoms with E-state index in [9.17, 15) is 14.9 Å². The zero-order valence-corrected chi connectivity index (χ0v) is 17.8. The quantitative estimate of drug-likeness (QED) is 0.325. The molecule has 2 aromatic carbocycles. The Morgan fingerprint density at radius 1 is 1.19 bits per heavy atom. The van der Waals surface area contributed by atoms with Crippen molar-refractivity contribution >= 4 is 34.8 Å². The number of rotatable bonds is 7. The minimum Gasteiger partial charge on any atom is -0.497 e. The van der Waals surface area contributed by atoms with Gasteiger partial charge < -0.3 is 21.1 Å². The molecule has 32 heavy (non-hydrogen) atoms. The molecule has 0 fully saturated rings. The molecule has 164 valence electrons. The number of nitrogen functional groups attached to an aromatic ring is 2. The van der Waals surface area contributed by atoms with E-state index in [1.807, 2.05) is 12.9 Å². The molecule has 0 spiro atoms. The van der Waals surface area contributed by atoms with Gasteiger partial charge in [0.25, 0.3) is 5.69 Å². The Kier molecular flexibility index (Phi) is 6.37. The molecule has 3 rings (SSSR count). The second kappa shape index (κ2) is 9.15. The predicted molar refractivity (Wildman–Crippen MR) is 123 cm³/mol. The summed E-state index contributed by atoms with van der Waals surface area (Å²) in [6.07, 6.45) is 0.511. The molecule has 0 radical (unpaired) electrons. The van der Waals surface area contributed by atoms with E-state index in [1.165, 1.54) is 18.1 Å². The molecular formula is C22H22N6O4. The lowest BCUT2D eigenvalue weighted by atomic mass is 10.0. The minimum absolute atomic E-state index is 0.0363. The maximum absolute atomic E-state index is 11.9. The van der Waals surface area contributed by atoms with Gasteiger partial charge >= 0.3 is 0 Å². The fraction of sp³-hybridized carbons (Fsp3) is 0.182. The van der Waals surface area contributed by atoms with Gasteiger partial charge in [0, 0.05) is 24.2 Å². The van der Waals surface area contributed by atoms with Crippen molar-refractivity contribution in [3.05, 3.63) is 63.8 Å². The maximum Gasteiger partial charge on any atom is 0.293 e. The van der Waals surface area contributed by atoms with Crippen LogP contribution in [0.2, 0.25) is 0 Å². The molecule has 0 aliphatic rings. The molecule has 3 aromatic rings. The molecule has 0 atom stereocenters. The highest BCUT2D eigenvalue weighted by Gasteiger charge is 2.24. The fourth-order valence-electron chi connectivity index (χ4n) is 3.42. The molecule has 0 aliphatic carbocycles. The Labute approximate surface area is 184 Å². The normalized spacial score (nSPS) is 10.3. The molecule has 0 unspecified atom stereocenters. The van der Waals surface area contributed by atoms with Gasteiger partial charge in [-0.05, 0) is 42.3 Å². The van der Waals surface area contributed by atoms with Crippen molar-refractivity contribution in [1.29, 1.82) is 0 Å². The smallest absolute Gasteiger partial charge is 0.293 e. The van der Waals surface area contributed by atoms with Crippen LogP contribution >= 0.6 is 0 Å². The predicted octanol–water partition coefficient (Wildman–Crippen LogP) is 3.10. The third-order valence-electron chi connectivity index (χ3n) is 4.98. The van der Waals surface area contributed by atoms with Crippen molar-refractivity contribution < 1.29 is 14.5 Å². The van der Waals surface area contributed by atoms with E-state index in [1.54, 1.807) is 43.4 Å². The summed E-state index contributed by atoms with van der Waals surface area (Å²) < 4.78 is 5.13. The Morgan fingerprint density at radius 2 is 1.88 bits per heavy atom. The Balaban J connectivity index is 2.10. The van der Waals surface area contributed by atoms with Crippen LogP contribution in [0.3, 0.4) is 0 Å². The first-order valence-corrected chi connectivity index (χ1v) is 9.64. The summed E-state index contributed by atoms with van der Waals surface area (Å²) >= 11 is 0. The zero-order chi connectivity index (χ0) is 23.4. The summed E-state index contributed by atoms with van der Waals surface area (Å²) in [5.74, 6) is 2.66. The van der Waals surface area contributed by atoms with Gasteiger partial charge in [0.2, 0.25) is 5.95 Å². The van der Waals surface area contributed by atoms with Crippen LogP contribution in [-0.4, -0.2) is 35.0 Å². The van der Waals surface area contributed by atoms with Gasteiger partial charge in [0.1, 0.15) is 23.0 Å². The first kappa shape index (κ1) is 22.3. The third-order valence-corrected chi connectivity index (χ3v) is 4.98. The van der Waals surface area contributed by atoms with Gasteiger partial charge in [-0.1, -0.05) is 13.0 Å². The highest BCUT2D eigenvalue weighted by molar-refractivity contribution is 5.97. The van der Waals surface area contributed by atoms with E-state index < -0.39 is 4.92 Å². The molecule has 1 heterocycles. The lowest BCUT2D eigenvalue weighted by Crippen LogP contribution is -2.17. The van der Waals surface area contributed by atoms with Crippen LogP contribution in [0.5, 0.6) is 5.75 Å². The van der Waals surface area contributed by atoms with Crippen molar-refractivity contribution in [3.8, 4) is 16.9 Å². The number of nitrogens with zero attached hydrogens (tertiary/aromatic N) is 4. The number of nitrogens with two attached hydrogens (primary N) is 2. The first-order chi connectivity index (χ1) is 15.3. The van der Waals surface area contributed by atoms with Crippen LogP contribution in [0.25, 0.3) is 16.8 Å². The Hall–Kier alpha value is -4.43. The number of hydrogen-bond donors (Lipinski definition) is 2. The lowest BCUT2D eigenvalue weighted by molar-refractivity contribution is -0.384. The second-order valence-electron chi connectivity index (χ2n) is 6.84. The molecule has 0 amide bonds. The number of nitro groups is 1. The van der Waals surface area contributed by atoms with Crippen molar-refractivity contribution in [2.45, 2.75) is 13.3 Å². The van der Waals surface area contributed by atoms with Crippen LogP contribution in [0.4, 0.5) is 23.1 Å². The van der Waals surface area contributed by atoms with Crippen LogP contribution < -0.4 is 21.1 Å². The average Bonchev–Trinajstić information content (AvgIpc) is 2.79. The summed E-state index contributed by atoms with van der Waals surface area (Å²) in [6, 6.07) is 11.3. The van der Waals surface area contributed by atoms with E-state index in [-0.39, 0.29) is 28.8 Å². The molecule has 0 bridgehead atoms. The average molecular weight is 434 g/mol. The molecule has 4 N–H and O–H groups in total. The number of methoxy groups -OCH3 is 1. The van der Waals surface area contributed by atoms with E-state index in [2.05, 4.69) is 9.97 Å². The van der Waals surface area contributed by atoms with Gasteiger partial charge in [-0.3, -0.25) is 10.1 Å². The zero-order valence-electron chi connectivity index (χ0n) is 17.8. The fourth-order valence-corrected chi connectivity index (χ4v) is 3.42. The van der Waals surface area contributed by atoms with Crippen molar-refractivity contribution in [2.24, 2.45) is 0 Å².